The van der Waals surface area contributed by atoms with Gasteiger partial charge in [-0.25, -0.2) is 18.1 Å². The predicted molar refractivity (Wildman–Crippen MR) is 70.0 cm³/mol. The monoisotopic (exact) mass is 281 g/mol. The van der Waals surface area contributed by atoms with E-state index in [-0.39, 0.29) is 17.3 Å². The minimum absolute atomic E-state index is 0.00509. The van der Waals surface area contributed by atoms with Crippen molar-refractivity contribution >= 4 is 10.0 Å². The molecular formula is C12H15N3O3S. The van der Waals surface area contributed by atoms with E-state index in [1.165, 1.54) is 24.7 Å². The number of sulfonamides is 1. The summed E-state index contributed by atoms with van der Waals surface area (Å²) >= 11 is 0. The Hall–Kier alpha value is -1.86. The Labute approximate surface area is 111 Å². The van der Waals surface area contributed by atoms with Crippen LogP contribution in [0.1, 0.15) is 12.5 Å². The molecule has 0 fully saturated rings. The highest BCUT2D eigenvalue weighted by Crippen LogP contribution is 2.12. The summed E-state index contributed by atoms with van der Waals surface area (Å²) in [6.07, 6.45) is 2.95. The molecule has 0 unspecified atom stereocenters. The van der Waals surface area contributed by atoms with Gasteiger partial charge in [-0.15, -0.1) is 0 Å². The third-order valence-electron chi connectivity index (χ3n) is 2.63. The van der Waals surface area contributed by atoms with E-state index < -0.39 is 10.0 Å². The summed E-state index contributed by atoms with van der Waals surface area (Å²) in [5.41, 5.74) is 0.679. The molecule has 7 heteroatoms. The van der Waals surface area contributed by atoms with Crippen molar-refractivity contribution in [3.05, 3.63) is 42.4 Å². The van der Waals surface area contributed by atoms with Gasteiger partial charge in [-0.2, -0.15) is 0 Å². The average molecular weight is 281 g/mol. The molecule has 2 N–H and O–H groups in total. The quantitative estimate of drug-likeness (QED) is 0.859. The van der Waals surface area contributed by atoms with Crippen molar-refractivity contribution in [2.75, 3.05) is 0 Å². The smallest absolute Gasteiger partial charge is 0.259 e. The van der Waals surface area contributed by atoms with E-state index in [0.717, 1.165) is 0 Å². The molecule has 19 heavy (non-hydrogen) atoms. The molecule has 1 aromatic carbocycles. The molecule has 0 aliphatic heterocycles. The Balaban J connectivity index is 2.09. The Morgan fingerprint density at radius 1 is 1.42 bits per heavy atom. The summed E-state index contributed by atoms with van der Waals surface area (Å²) in [7, 11) is -3.62. The third kappa shape index (κ3) is 3.33. The predicted octanol–water partition coefficient (Wildman–Crippen LogP) is 1.09. The number of nitrogens with one attached hydrogen (secondary N) is 1. The topological polar surface area (TPSA) is 84.2 Å². The highest BCUT2D eigenvalue weighted by Gasteiger charge is 2.16. The first-order valence-electron chi connectivity index (χ1n) is 5.80. The molecule has 102 valence electrons. The molecule has 0 saturated carbocycles. The molecular weight excluding hydrogens is 266 g/mol. The number of benzene rings is 1. The van der Waals surface area contributed by atoms with Crippen molar-refractivity contribution in [1.82, 2.24) is 14.3 Å². The van der Waals surface area contributed by atoms with Crippen LogP contribution < -0.4 is 4.72 Å². The molecule has 0 aliphatic rings. The summed E-state index contributed by atoms with van der Waals surface area (Å²) in [4.78, 5) is 3.85. The van der Waals surface area contributed by atoms with Crippen LogP contribution in [0.25, 0.3) is 0 Å². The number of rotatable bonds is 5. The number of imidazole rings is 1. The van der Waals surface area contributed by atoms with Crippen molar-refractivity contribution in [1.29, 1.82) is 0 Å². The van der Waals surface area contributed by atoms with E-state index in [1.807, 2.05) is 6.92 Å². The maximum absolute atomic E-state index is 12.0. The maximum atomic E-state index is 12.0. The number of phenolic OH excluding ortho intramolecular Hbond substituents is 1. The molecule has 0 spiro atoms. The molecule has 1 aromatic heterocycles. The van der Waals surface area contributed by atoms with Crippen LogP contribution in [0.5, 0.6) is 5.75 Å². The molecule has 0 aliphatic carbocycles. The van der Waals surface area contributed by atoms with Gasteiger partial charge in [0.05, 0.1) is 6.33 Å². The number of hydrogen-bond donors (Lipinski definition) is 2. The Morgan fingerprint density at radius 3 is 2.84 bits per heavy atom. The molecule has 0 radical (unpaired) electrons. The van der Waals surface area contributed by atoms with Gasteiger partial charge in [-0.05, 0) is 24.6 Å². The lowest BCUT2D eigenvalue weighted by molar-refractivity contribution is 0.474. The minimum atomic E-state index is -3.62. The molecule has 1 heterocycles. The normalized spacial score (nSPS) is 11.6. The Kier molecular flexibility index (Phi) is 3.87. The fourth-order valence-corrected chi connectivity index (χ4v) is 2.53. The first-order valence-corrected chi connectivity index (χ1v) is 7.29. The van der Waals surface area contributed by atoms with Gasteiger partial charge in [0.1, 0.15) is 5.75 Å². The molecule has 6 nitrogen and oxygen atoms in total. The first kappa shape index (κ1) is 13.6. The van der Waals surface area contributed by atoms with E-state index in [1.54, 1.807) is 16.7 Å². The molecule has 2 aromatic rings. The van der Waals surface area contributed by atoms with E-state index >= 15 is 0 Å². The number of hydrogen-bond acceptors (Lipinski definition) is 4. The van der Waals surface area contributed by atoms with Crippen molar-refractivity contribution in [3.8, 4) is 5.75 Å². The first-order chi connectivity index (χ1) is 9.01. The highest BCUT2D eigenvalue weighted by atomic mass is 32.2. The summed E-state index contributed by atoms with van der Waals surface area (Å²) in [5, 5.41) is 9.30. The second kappa shape index (κ2) is 5.41. The lowest BCUT2D eigenvalue weighted by atomic mass is 10.2. The van der Waals surface area contributed by atoms with Gasteiger partial charge < -0.3 is 9.67 Å². The SMILES string of the molecule is CCn1cnc(S(=O)(=O)NCc2cccc(O)c2)c1. The average Bonchev–Trinajstić information content (AvgIpc) is 2.86. The van der Waals surface area contributed by atoms with E-state index in [2.05, 4.69) is 9.71 Å². The zero-order chi connectivity index (χ0) is 13.9. The zero-order valence-corrected chi connectivity index (χ0v) is 11.3. The van der Waals surface area contributed by atoms with Crippen molar-refractivity contribution in [2.45, 2.75) is 25.0 Å². The molecule has 0 bridgehead atoms. The standard InChI is InChI=1S/C12H15N3O3S/c1-2-15-8-12(13-9-15)19(17,18)14-7-10-4-3-5-11(16)6-10/h3-6,8-9,14,16H,2,7H2,1H3. The third-order valence-corrected chi connectivity index (χ3v) is 3.91. The summed E-state index contributed by atoms with van der Waals surface area (Å²) in [6, 6.07) is 6.42. The van der Waals surface area contributed by atoms with Crippen LogP contribution in [0.2, 0.25) is 0 Å². The number of phenols is 1. The van der Waals surface area contributed by atoms with Gasteiger partial charge in [-0.1, -0.05) is 12.1 Å². The number of aromatic hydroxyl groups is 1. The van der Waals surface area contributed by atoms with Crippen LogP contribution in [0.4, 0.5) is 0 Å². The van der Waals surface area contributed by atoms with Gasteiger partial charge in [-0.3, -0.25) is 0 Å². The fraction of sp³-hybridized carbons (Fsp3) is 0.250. The molecule has 2 rings (SSSR count). The Bertz CT molecular complexity index is 664. The zero-order valence-electron chi connectivity index (χ0n) is 10.4. The van der Waals surface area contributed by atoms with E-state index in [0.29, 0.717) is 12.1 Å². The lowest BCUT2D eigenvalue weighted by Crippen LogP contribution is -2.23. The van der Waals surface area contributed by atoms with Crippen LogP contribution in [0.3, 0.4) is 0 Å². The number of aryl methyl sites for hydroxylation is 1. The largest absolute Gasteiger partial charge is 0.508 e. The summed E-state index contributed by atoms with van der Waals surface area (Å²) in [6.45, 7) is 2.67. The molecule has 0 saturated heterocycles. The summed E-state index contributed by atoms with van der Waals surface area (Å²) < 4.78 is 28.1. The van der Waals surface area contributed by atoms with Crippen LogP contribution >= 0.6 is 0 Å². The van der Waals surface area contributed by atoms with Crippen molar-refractivity contribution < 1.29 is 13.5 Å². The van der Waals surface area contributed by atoms with Gasteiger partial charge >= 0.3 is 0 Å². The van der Waals surface area contributed by atoms with Gasteiger partial charge in [0.15, 0.2) is 5.03 Å². The van der Waals surface area contributed by atoms with E-state index in [9.17, 15) is 13.5 Å². The highest BCUT2D eigenvalue weighted by molar-refractivity contribution is 7.89. The Morgan fingerprint density at radius 2 is 2.21 bits per heavy atom. The second-order valence-corrected chi connectivity index (χ2v) is 5.75. The molecule has 0 amide bonds. The second-order valence-electron chi connectivity index (χ2n) is 4.04. The van der Waals surface area contributed by atoms with Crippen LogP contribution in [-0.2, 0) is 23.1 Å². The van der Waals surface area contributed by atoms with Gasteiger partial charge in [0, 0.05) is 19.3 Å². The van der Waals surface area contributed by atoms with Crippen molar-refractivity contribution in [2.24, 2.45) is 0 Å². The minimum Gasteiger partial charge on any atom is -0.508 e. The van der Waals surface area contributed by atoms with Crippen LogP contribution in [-0.4, -0.2) is 23.1 Å². The number of nitrogens with zero attached hydrogens (tertiary/aromatic N) is 2. The van der Waals surface area contributed by atoms with E-state index in [4.69, 9.17) is 0 Å². The van der Waals surface area contributed by atoms with Gasteiger partial charge in [0.2, 0.25) is 0 Å². The van der Waals surface area contributed by atoms with Crippen LogP contribution in [0.15, 0.2) is 41.8 Å². The number of aromatic nitrogens is 2. The summed E-state index contributed by atoms with van der Waals surface area (Å²) in [5.74, 6) is 0.104. The van der Waals surface area contributed by atoms with Crippen LogP contribution in [0, 0.1) is 0 Å². The molecule has 0 atom stereocenters. The van der Waals surface area contributed by atoms with Gasteiger partial charge in [0.25, 0.3) is 10.0 Å². The fourth-order valence-electron chi connectivity index (χ4n) is 1.57. The lowest BCUT2D eigenvalue weighted by Gasteiger charge is -2.04. The maximum Gasteiger partial charge on any atom is 0.259 e. The van der Waals surface area contributed by atoms with Crippen molar-refractivity contribution in [3.63, 3.8) is 0 Å².